The number of hydrogen-bond donors (Lipinski definition) is 2. The van der Waals surface area contributed by atoms with Crippen LogP contribution in [0.2, 0.25) is 0 Å². The molecule has 37 heavy (non-hydrogen) atoms. The zero-order chi connectivity index (χ0) is 26.4. The van der Waals surface area contributed by atoms with Crippen LogP contribution in [0.1, 0.15) is 23.1 Å². The van der Waals surface area contributed by atoms with Crippen molar-refractivity contribution in [2.75, 3.05) is 30.5 Å². The number of ether oxygens (including phenoxy) is 2. The van der Waals surface area contributed by atoms with Gasteiger partial charge in [0.05, 0.1) is 13.0 Å². The molecule has 0 saturated carbocycles. The number of amides is 3. The molecule has 0 aliphatic carbocycles. The van der Waals surface area contributed by atoms with Crippen LogP contribution in [0.4, 0.5) is 11.4 Å². The maximum absolute atomic E-state index is 12.7. The van der Waals surface area contributed by atoms with E-state index >= 15 is 0 Å². The van der Waals surface area contributed by atoms with Crippen LogP contribution in [0.15, 0.2) is 66.7 Å². The highest BCUT2D eigenvalue weighted by molar-refractivity contribution is 6.00. The van der Waals surface area contributed by atoms with E-state index in [0.717, 1.165) is 28.1 Å². The van der Waals surface area contributed by atoms with E-state index in [2.05, 4.69) is 10.6 Å². The number of methoxy groups -OCH3 is 1. The molecule has 1 fully saturated rings. The highest BCUT2D eigenvalue weighted by Gasteiger charge is 2.35. The van der Waals surface area contributed by atoms with Crippen LogP contribution < -0.4 is 25.0 Å². The molecule has 1 heterocycles. The Morgan fingerprint density at radius 2 is 1.65 bits per heavy atom. The van der Waals surface area contributed by atoms with Crippen molar-refractivity contribution < 1.29 is 23.9 Å². The van der Waals surface area contributed by atoms with Crippen molar-refractivity contribution in [3.8, 4) is 11.5 Å². The van der Waals surface area contributed by atoms with Crippen LogP contribution in [-0.4, -0.2) is 38.0 Å². The van der Waals surface area contributed by atoms with Gasteiger partial charge in [-0.25, -0.2) is 0 Å². The lowest BCUT2D eigenvalue weighted by Gasteiger charge is -2.17. The third-order valence-corrected chi connectivity index (χ3v) is 6.43. The van der Waals surface area contributed by atoms with Crippen LogP contribution in [-0.2, 0) is 20.9 Å². The van der Waals surface area contributed by atoms with E-state index in [1.165, 1.54) is 0 Å². The Labute approximate surface area is 216 Å². The summed E-state index contributed by atoms with van der Waals surface area (Å²) in [6.07, 6.45) is 0.158. The Hall–Kier alpha value is -4.33. The summed E-state index contributed by atoms with van der Waals surface area (Å²) in [5.74, 6) is 0.331. The molecule has 1 saturated heterocycles. The minimum atomic E-state index is -0.421. The van der Waals surface area contributed by atoms with Crippen LogP contribution in [0.5, 0.6) is 11.5 Å². The quantitative estimate of drug-likeness (QED) is 0.462. The molecule has 2 N–H and O–H groups in total. The van der Waals surface area contributed by atoms with Gasteiger partial charge in [0.2, 0.25) is 11.8 Å². The van der Waals surface area contributed by atoms with Crippen molar-refractivity contribution in [1.29, 1.82) is 0 Å². The maximum atomic E-state index is 12.7. The molecule has 1 atom stereocenters. The molecule has 1 aliphatic rings. The molecule has 8 nitrogen and oxygen atoms in total. The predicted octanol–water partition coefficient (Wildman–Crippen LogP) is 4.00. The lowest BCUT2D eigenvalue weighted by molar-refractivity contribution is -0.126. The smallest absolute Gasteiger partial charge is 0.262 e. The Bertz CT molecular complexity index is 1270. The van der Waals surface area contributed by atoms with Crippen LogP contribution >= 0.6 is 0 Å². The van der Waals surface area contributed by atoms with Gasteiger partial charge in [-0.1, -0.05) is 18.2 Å². The van der Waals surface area contributed by atoms with Crippen molar-refractivity contribution in [2.45, 2.75) is 26.8 Å². The number of benzene rings is 3. The summed E-state index contributed by atoms with van der Waals surface area (Å²) in [7, 11) is 1.60. The lowest BCUT2D eigenvalue weighted by Crippen LogP contribution is -2.32. The predicted molar refractivity (Wildman–Crippen MR) is 142 cm³/mol. The summed E-state index contributed by atoms with van der Waals surface area (Å²) >= 11 is 0. The summed E-state index contributed by atoms with van der Waals surface area (Å²) in [6, 6.07) is 20.1. The van der Waals surface area contributed by atoms with Gasteiger partial charge in [-0.3, -0.25) is 14.4 Å². The normalized spacial score (nSPS) is 14.8. The van der Waals surface area contributed by atoms with Gasteiger partial charge < -0.3 is 25.0 Å². The lowest BCUT2D eigenvalue weighted by atomic mass is 10.1. The van der Waals surface area contributed by atoms with Crippen molar-refractivity contribution >= 4 is 29.1 Å². The molecule has 3 amide bonds. The average Bonchev–Trinajstić information content (AvgIpc) is 3.30. The maximum Gasteiger partial charge on any atom is 0.262 e. The molecule has 0 unspecified atom stereocenters. The highest BCUT2D eigenvalue weighted by atomic mass is 16.5. The summed E-state index contributed by atoms with van der Waals surface area (Å²) in [4.78, 5) is 39.1. The van der Waals surface area contributed by atoms with Crippen LogP contribution in [0.25, 0.3) is 0 Å². The summed E-state index contributed by atoms with van der Waals surface area (Å²) in [5.41, 5.74) is 4.62. The number of hydrogen-bond acceptors (Lipinski definition) is 5. The van der Waals surface area contributed by atoms with Gasteiger partial charge in [-0.05, 0) is 79.1 Å². The Morgan fingerprint density at radius 1 is 0.946 bits per heavy atom. The van der Waals surface area contributed by atoms with Crippen molar-refractivity contribution in [3.63, 3.8) is 0 Å². The van der Waals surface area contributed by atoms with Gasteiger partial charge in [0.1, 0.15) is 11.5 Å². The van der Waals surface area contributed by atoms with Gasteiger partial charge in [0.15, 0.2) is 6.61 Å². The molecule has 3 aromatic rings. The molecule has 192 valence electrons. The van der Waals surface area contributed by atoms with E-state index in [0.29, 0.717) is 24.5 Å². The van der Waals surface area contributed by atoms with Crippen LogP contribution in [0, 0.1) is 19.8 Å². The van der Waals surface area contributed by atoms with E-state index < -0.39 is 5.92 Å². The van der Waals surface area contributed by atoms with Gasteiger partial charge >= 0.3 is 0 Å². The van der Waals surface area contributed by atoms with Crippen molar-refractivity contribution in [1.82, 2.24) is 5.32 Å². The van der Waals surface area contributed by atoms with E-state index in [1.807, 2.05) is 56.3 Å². The molecular weight excluding hydrogens is 470 g/mol. The zero-order valence-corrected chi connectivity index (χ0v) is 21.2. The molecule has 4 rings (SSSR count). The fourth-order valence-electron chi connectivity index (χ4n) is 4.10. The second kappa shape index (κ2) is 11.6. The van der Waals surface area contributed by atoms with Crippen molar-refractivity contribution in [3.05, 3.63) is 83.4 Å². The Morgan fingerprint density at radius 3 is 2.32 bits per heavy atom. The molecule has 3 aromatic carbocycles. The number of nitrogens with one attached hydrogen (secondary N) is 2. The molecule has 0 bridgehead atoms. The SMILES string of the molecule is COc1ccc(CNC(=O)[C@H]2CC(=O)N(c3ccc(OCC(=O)Nc4ccc(C)c(C)c4)cc3)C2)cc1. The second-order valence-corrected chi connectivity index (χ2v) is 9.10. The van der Waals surface area contributed by atoms with Crippen LogP contribution in [0.3, 0.4) is 0 Å². The third kappa shape index (κ3) is 6.67. The minimum absolute atomic E-state index is 0.106. The summed E-state index contributed by atoms with van der Waals surface area (Å²) in [5, 5.41) is 5.74. The highest BCUT2D eigenvalue weighted by Crippen LogP contribution is 2.27. The minimum Gasteiger partial charge on any atom is -0.497 e. The summed E-state index contributed by atoms with van der Waals surface area (Å²) in [6.45, 7) is 4.57. The van der Waals surface area contributed by atoms with Crippen molar-refractivity contribution in [2.24, 2.45) is 5.92 Å². The van der Waals surface area contributed by atoms with Gasteiger partial charge in [-0.2, -0.15) is 0 Å². The van der Waals surface area contributed by atoms with E-state index in [4.69, 9.17) is 9.47 Å². The largest absolute Gasteiger partial charge is 0.497 e. The first-order valence-corrected chi connectivity index (χ1v) is 12.1. The second-order valence-electron chi connectivity index (χ2n) is 9.10. The first kappa shape index (κ1) is 25.8. The Balaban J connectivity index is 1.26. The molecular formula is C29H31N3O5. The fourth-order valence-corrected chi connectivity index (χ4v) is 4.10. The average molecular weight is 502 g/mol. The number of rotatable bonds is 9. The Kier molecular flexibility index (Phi) is 8.08. The fraction of sp³-hybridized carbons (Fsp3) is 0.276. The first-order chi connectivity index (χ1) is 17.8. The first-order valence-electron chi connectivity index (χ1n) is 12.1. The molecule has 0 radical (unpaired) electrons. The van der Waals surface area contributed by atoms with Gasteiger partial charge in [0, 0.05) is 30.9 Å². The molecule has 0 aromatic heterocycles. The number of aryl methyl sites for hydroxylation is 2. The molecule has 0 spiro atoms. The number of anilines is 2. The van der Waals surface area contributed by atoms with E-state index in [-0.39, 0.29) is 30.7 Å². The number of carbonyl (C=O) groups is 3. The van der Waals surface area contributed by atoms with Gasteiger partial charge in [-0.15, -0.1) is 0 Å². The number of carbonyl (C=O) groups excluding carboxylic acids is 3. The molecule has 1 aliphatic heterocycles. The standard InChI is InChI=1S/C29H31N3O5/c1-19-4-7-23(14-20(19)2)31-27(33)18-37-26-12-8-24(9-13-26)32-17-22(15-28(32)34)29(35)30-16-21-5-10-25(36-3)11-6-21/h4-14,22H,15-18H2,1-3H3,(H,30,35)(H,31,33)/t22-/m0/s1. The molecule has 8 heteroatoms. The summed E-state index contributed by atoms with van der Waals surface area (Å²) < 4.78 is 10.7. The van der Waals surface area contributed by atoms with Gasteiger partial charge in [0.25, 0.3) is 5.91 Å². The van der Waals surface area contributed by atoms with E-state index in [1.54, 1.807) is 36.3 Å². The topological polar surface area (TPSA) is 97.0 Å². The zero-order valence-electron chi connectivity index (χ0n) is 21.2. The third-order valence-electron chi connectivity index (χ3n) is 6.43. The monoisotopic (exact) mass is 501 g/mol. The van der Waals surface area contributed by atoms with E-state index in [9.17, 15) is 14.4 Å². The number of nitrogens with zero attached hydrogens (tertiary/aromatic N) is 1.